The SMILES string of the molecule is CCOC(=O)C1=C(Br)C(=O)C(C=O)=C(Br)CC1=O. The van der Waals surface area contributed by atoms with E-state index in [1.165, 1.54) is 0 Å². The van der Waals surface area contributed by atoms with E-state index in [-0.39, 0.29) is 33.1 Å². The van der Waals surface area contributed by atoms with E-state index >= 15 is 0 Å². The molecule has 0 aliphatic heterocycles. The predicted octanol–water partition coefficient (Wildman–Crippen LogP) is 1.59. The van der Waals surface area contributed by atoms with E-state index in [0.717, 1.165) is 0 Å². The van der Waals surface area contributed by atoms with Gasteiger partial charge in [-0.25, -0.2) is 4.79 Å². The van der Waals surface area contributed by atoms with Crippen LogP contribution in [0.15, 0.2) is 20.1 Å². The van der Waals surface area contributed by atoms with Crippen LogP contribution in [-0.4, -0.2) is 30.4 Å². The largest absolute Gasteiger partial charge is 0.462 e. The first-order valence-electron chi connectivity index (χ1n) is 4.92. The summed E-state index contributed by atoms with van der Waals surface area (Å²) in [6.45, 7) is 1.67. The van der Waals surface area contributed by atoms with Crippen LogP contribution >= 0.6 is 31.9 Å². The molecule has 0 fully saturated rings. The number of hydrogen-bond donors (Lipinski definition) is 0. The van der Waals surface area contributed by atoms with Gasteiger partial charge >= 0.3 is 5.97 Å². The molecule has 1 aliphatic carbocycles. The predicted molar refractivity (Wildman–Crippen MR) is 69.2 cm³/mol. The van der Waals surface area contributed by atoms with Gasteiger partial charge in [-0.1, -0.05) is 15.9 Å². The number of rotatable bonds is 3. The van der Waals surface area contributed by atoms with E-state index in [1.807, 2.05) is 0 Å². The lowest BCUT2D eigenvalue weighted by molar-refractivity contribution is -0.140. The molecule has 0 aromatic heterocycles. The van der Waals surface area contributed by atoms with E-state index < -0.39 is 17.5 Å². The summed E-state index contributed by atoms with van der Waals surface area (Å²) in [7, 11) is 0. The number of carbonyl (C=O) groups is 4. The number of aldehydes is 1. The average molecular weight is 380 g/mol. The molecule has 0 unspecified atom stereocenters. The van der Waals surface area contributed by atoms with Crippen molar-refractivity contribution in [2.45, 2.75) is 13.3 Å². The summed E-state index contributed by atoms with van der Waals surface area (Å²) in [4.78, 5) is 46.1. The molecule has 0 aromatic rings. The number of halogens is 2. The molecule has 18 heavy (non-hydrogen) atoms. The van der Waals surface area contributed by atoms with Crippen molar-refractivity contribution in [1.29, 1.82) is 0 Å². The number of carbonyl (C=O) groups excluding carboxylic acids is 4. The van der Waals surface area contributed by atoms with E-state index in [1.54, 1.807) is 6.92 Å². The number of hydrogen-bond acceptors (Lipinski definition) is 5. The fourth-order valence-corrected chi connectivity index (χ4v) is 2.45. The number of allylic oxidation sites excluding steroid dienone is 3. The smallest absolute Gasteiger partial charge is 0.343 e. The summed E-state index contributed by atoms with van der Waals surface area (Å²) >= 11 is 5.88. The van der Waals surface area contributed by atoms with Crippen molar-refractivity contribution in [3.8, 4) is 0 Å². The van der Waals surface area contributed by atoms with Crippen LogP contribution in [-0.2, 0) is 23.9 Å². The molecule has 0 bridgehead atoms. The Morgan fingerprint density at radius 1 is 1.39 bits per heavy atom. The highest BCUT2D eigenvalue weighted by molar-refractivity contribution is 9.12. The van der Waals surface area contributed by atoms with Gasteiger partial charge in [0.05, 0.1) is 16.7 Å². The third-order valence-electron chi connectivity index (χ3n) is 2.15. The Kier molecular flexibility index (Phi) is 5.15. The maximum atomic E-state index is 11.9. The minimum atomic E-state index is -0.879. The molecule has 0 heterocycles. The Bertz CT molecular complexity index is 502. The van der Waals surface area contributed by atoms with Crippen LogP contribution in [0.3, 0.4) is 0 Å². The minimum absolute atomic E-state index is 0.0826. The first-order chi connectivity index (χ1) is 8.43. The van der Waals surface area contributed by atoms with Gasteiger partial charge in [0.1, 0.15) is 5.57 Å². The number of Topliss-reactive ketones (excluding diaryl/α,β-unsaturated/α-hetero) is 2. The van der Waals surface area contributed by atoms with Crippen LogP contribution in [0, 0.1) is 0 Å². The molecule has 1 aliphatic rings. The van der Waals surface area contributed by atoms with Crippen molar-refractivity contribution >= 4 is 55.7 Å². The zero-order valence-electron chi connectivity index (χ0n) is 9.29. The zero-order valence-corrected chi connectivity index (χ0v) is 12.5. The zero-order chi connectivity index (χ0) is 13.9. The van der Waals surface area contributed by atoms with Crippen LogP contribution in [0.25, 0.3) is 0 Å². The van der Waals surface area contributed by atoms with Gasteiger partial charge in [0.25, 0.3) is 0 Å². The molecule has 7 heteroatoms. The Balaban J connectivity index is 3.33. The van der Waals surface area contributed by atoms with Gasteiger partial charge in [0, 0.05) is 10.9 Å². The summed E-state index contributed by atoms with van der Waals surface area (Å²) in [5, 5.41) is 0. The van der Waals surface area contributed by atoms with Crippen LogP contribution in [0.5, 0.6) is 0 Å². The second-order valence-electron chi connectivity index (χ2n) is 3.27. The van der Waals surface area contributed by atoms with Crippen LogP contribution in [0.2, 0.25) is 0 Å². The second-order valence-corrected chi connectivity index (χ2v) is 5.03. The third-order valence-corrected chi connectivity index (χ3v) is 3.61. The van der Waals surface area contributed by atoms with Gasteiger partial charge in [-0.2, -0.15) is 0 Å². The van der Waals surface area contributed by atoms with E-state index in [9.17, 15) is 19.2 Å². The molecule has 0 N–H and O–H groups in total. The molecular formula is C11H8Br2O5. The summed E-state index contributed by atoms with van der Waals surface area (Å²) in [6, 6.07) is 0. The van der Waals surface area contributed by atoms with Crippen LogP contribution in [0.4, 0.5) is 0 Å². The topological polar surface area (TPSA) is 77.5 Å². The summed E-state index contributed by atoms with van der Waals surface area (Å²) in [5.74, 6) is -2.18. The third kappa shape index (κ3) is 2.84. The van der Waals surface area contributed by atoms with Crippen molar-refractivity contribution in [2.75, 3.05) is 6.61 Å². The lowest BCUT2D eigenvalue weighted by Crippen LogP contribution is -2.18. The molecule has 0 saturated heterocycles. The van der Waals surface area contributed by atoms with Gasteiger partial charge in [-0.3, -0.25) is 14.4 Å². The second kappa shape index (κ2) is 6.19. The molecule has 0 atom stereocenters. The Hall–Kier alpha value is -1.08. The van der Waals surface area contributed by atoms with Gasteiger partial charge in [-0.15, -0.1) is 0 Å². The average Bonchev–Trinajstić information content (AvgIpc) is 2.36. The molecule has 0 spiro atoms. The normalized spacial score (nSPS) is 16.8. The van der Waals surface area contributed by atoms with Crippen molar-refractivity contribution in [3.05, 3.63) is 20.1 Å². The molecule has 0 aromatic carbocycles. The maximum absolute atomic E-state index is 11.9. The van der Waals surface area contributed by atoms with E-state index in [4.69, 9.17) is 4.74 Å². The maximum Gasteiger partial charge on any atom is 0.343 e. The van der Waals surface area contributed by atoms with Gasteiger partial charge in [0.2, 0.25) is 5.78 Å². The van der Waals surface area contributed by atoms with Gasteiger partial charge in [0.15, 0.2) is 12.1 Å². The Labute approximate surface area is 119 Å². The lowest BCUT2D eigenvalue weighted by atomic mass is 10.1. The Morgan fingerprint density at radius 2 is 2.00 bits per heavy atom. The van der Waals surface area contributed by atoms with Crippen molar-refractivity contribution in [3.63, 3.8) is 0 Å². The van der Waals surface area contributed by atoms with Crippen molar-refractivity contribution in [2.24, 2.45) is 0 Å². The highest BCUT2D eigenvalue weighted by atomic mass is 79.9. The minimum Gasteiger partial charge on any atom is -0.462 e. The number of ether oxygens (including phenoxy) is 1. The van der Waals surface area contributed by atoms with Gasteiger partial charge in [-0.05, 0) is 22.9 Å². The number of esters is 1. The monoisotopic (exact) mass is 378 g/mol. The molecule has 0 radical (unpaired) electrons. The van der Waals surface area contributed by atoms with Gasteiger partial charge < -0.3 is 4.74 Å². The molecule has 1 rings (SSSR count). The molecule has 5 nitrogen and oxygen atoms in total. The van der Waals surface area contributed by atoms with E-state index in [2.05, 4.69) is 31.9 Å². The standard InChI is InChI=1S/C11H8Br2O5/c1-2-18-11(17)8-7(15)3-6(12)5(4-14)10(16)9(8)13/h4H,2-3H2,1H3. The van der Waals surface area contributed by atoms with Crippen molar-refractivity contribution < 1.29 is 23.9 Å². The molecular weight excluding hydrogens is 372 g/mol. The lowest BCUT2D eigenvalue weighted by Gasteiger charge is -2.05. The molecule has 0 saturated carbocycles. The fraction of sp³-hybridized carbons (Fsp3) is 0.273. The van der Waals surface area contributed by atoms with Crippen LogP contribution in [0.1, 0.15) is 13.3 Å². The highest BCUT2D eigenvalue weighted by Gasteiger charge is 2.32. The first kappa shape index (κ1) is 15.0. The quantitative estimate of drug-likeness (QED) is 0.422. The summed E-state index contributed by atoms with van der Waals surface area (Å²) in [6.07, 6.45) is 0.109. The molecule has 96 valence electrons. The van der Waals surface area contributed by atoms with E-state index in [0.29, 0.717) is 6.29 Å². The summed E-state index contributed by atoms with van der Waals surface area (Å²) < 4.78 is 4.62. The highest BCUT2D eigenvalue weighted by Crippen LogP contribution is 2.29. The van der Waals surface area contributed by atoms with Crippen molar-refractivity contribution in [1.82, 2.24) is 0 Å². The summed E-state index contributed by atoms with van der Waals surface area (Å²) in [5.41, 5.74) is -0.551. The first-order valence-corrected chi connectivity index (χ1v) is 6.51. The fourth-order valence-electron chi connectivity index (χ4n) is 1.33. The number of ketones is 2. The molecule has 0 amide bonds. The van der Waals surface area contributed by atoms with Crippen LogP contribution < -0.4 is 0 Å². The Morgan fingerprint density at radius 3 is 2.50 bits per heavy atom.